The molecule has 0 radical (unpaired) electrons. The van der Waals surface area contributed by atoms with Crippen molar-refractivity contribution >= 4 is 22.8 Å². The Kier molecular flexibility index (Phi) is 4.51. The lowest BCUT2D eigenvalue weighted by Crippen LogP contribution is -2.23. The number of carbonyl (C=O) groups is 1. The zero-order chi connectivity index (χ0) is 15.4. The average Bonchev–Trinajstić information content (AvgIpc) is 2.50. The summed E-state index contributed by atoms with van der Waals surface area (Å²) in [6, 6.07) is 4.70. The number of pyridine rings is 2. The van der Waals surface area contributed by atoms with Crippen molar-refractivity contribution in [2.24, 2.45) is 0 Å². The summed E-state index contributed by atoms with van der Waals surface area (Å²) in [4.78, 5) is 29.8. The first kappa shape index (κ1) is 14.9. The second-order valence-electron chi connectivity index (χ2n) is 4.36. The van der Waals surface area contributed by atoms with Crippen LogP contribution in [0.2, 0.25) is 0 Å². The van der Waals surface area contributed by atoms with E-state index in [2.05, 4.69) is 20.0 Å². The van der Waals surface area contributed by atoms with Crippen LogP contribution in [0.15, 0.2) is 23.0 Å². The Morgan fingerprint density at radius 3 is 2.95 bits per heavy atom. The molecule has 4 N–H and O–H groups in total. The van der Waals surface area contributed by atoms with Gasteiger partial charge in [0.2, 0.25) is 0 Å². The number of aliphatic hydroxyl groups excluding tert-OH is 2. The number of hydrogen-bond donors (Lipinski definition) is 4. The summed E-state index contributed by atoms with van der Waals surface area (Å²) in [6.45, 7) is -0.237. The van der Waals surface area contributed by atoms with Crippen molar-refractivity contribution in [2.45, 2.75) is 6.10 Å². The number of aliphatic hydroxyl groups is 2. The number of carbonyl (C=O) groups excluding carboxylic acids is 1. The molecule has 0 bridgehead atoms. The molecule has 0 fully saturated rings. The number of aromatic nitrogens is 2. The van der Waals surface area contributed by atoms with Crippen LogP contribution in [0, 0.1) is 0 Å². The molecule has 0 aliphatic carbocycles. The number of nitrogens with zero attached hydrogens (tertiary/aromatic N) is 1. The first-order chi connectivity index (χ1) is 10.0. The lowest BCUT2D eigenvalue weighted by atomic mass is 10.2. The van der Waals surface area contributed by atoms with Crippen molar-refractivity contribution in [1.29, 1.82) is 0 Å². The molecule has 21 heavy (non-hydrogen) atoms. The highest BCUT2D eigenvalue weighted by Gasteiger charge is 2.12. The summed E-state index contributed by atoms with van der Waals surface area (Å²) in [5.41, 5.74) is -0.381. The monoisotopic (exact) mass is 293 g/mol. The van der Waals surface area contributed by atoms with Gasteiger partial charge in [-0.05, 0) is 18.2 Å². The second kappa shape index (κ2) is 6.33. The van der Waals surface area contributed by atoms with Crippen LogP contribution in [-0.2, 0) is 4.74 Å². The molecule has 0 amide bonds. The minimum Gasteiger partial charge on any atom is -0.465 e. The smallest absolute Gasteiger partial charge is 0.343 e. The van der Waals surface area contributed by atoms with Gasteiger partial charge < -0.3 is 25.3 Å². The van der Waals surface area contributed by atoms with Crippen molar-refractivity contribution in [3.8, 4) is 0 Å². The molecule has 8 heteroatoms. The predicted molar refractivity (Wildman–Crippen MR) is 75.3 cm³/mol. The first-order valence-electron chi connectivity index (χ1n) is 6.20. The number of esters is 1. The van der Waals surface area contributed by atoms with E-state index >= 15 is 0 Å². The van der Waals surface area contributed by atoms with Crippen LogP contribution in [0.3, 0.4) is 0 Å². The van der Waals surface area contributed by atoms with Crippen LogP contribution in [0.5, 0.6) is 0 Å². The summed E-state index contributed by atoms with van der Waals surface area (Å²) in [5, 5.41) is 21.4. The lowest BCUT2D eigenvalue weighted by Gasteiger charge is -2.10. The molecule has 0 saturated heterocycles. The number of rotatable bonds is 5. The second-order valence-corrected chi connectivity index (χ2v) is 4.36. The largest absolute Gasteiger partial charge is 0.465 e. The van der Waals surface area contributed by atoms with E-state index in [1.165, 1.54) is 13.2 Å². The summed E-state index contributed by atoms with van der Waals surface area (Å²) in [5.74, 6) is -0.289. The van der Waals surface area contributed by atoms with Crippen molar-refractivity contribution in [1.82, 2.24) is 9.97 Å². The van der Waals surface area contributed by atoms with Crippen LogP contribution in [0.25, 0.3) is 11.0 Å². The van der Waals surface area contributed by atoms with E-state index in [0.29, 0.717) is 16.9 Å². The average molecular weight is 293 g/mol. The van der Waals surface area contributed by atoms with Crippen molar-refractivity contribution in [3.05, 3.63) is 34.1 Å². The van der Waals surface area contributed by atoms with Gasteiger partial charge in [-0.3, -0.25) is 4.79 Å². The molecular weight excluding hydrogens is 278 g/mol. The van der Waals surface area contributed by atoms with Gasteiger partial charge in [0.15, 0.2) is 0 Å². The Hall–Kier alpha value is -2.45. The zero-order valence-corrected chi connectivity index (χ0v) is 11.3. The van der Waals surface area contributed by atoms with Gasteiger partial charge in [-0.2, -0.15) is 0 Å². The minimum atomic E-state index is -0.900. The third-order valence-electron chi connectivity index (χ3n) is 2.84. The Morgan fingerprint density at radius 1 is 1.52 bits per heavy atom. The molecule has 0 aliphatic rings. The van der Waals surface area contributed by atoms with E-state index in [9.17, 15) is 14.7 Å². The van der Waals surface area contributed by atoms with E-state index in [0.717, 1.165) is 0 Å². The van der Waals surface area contributed by atoms with Crippen molar-refractivity contribution < 1.29 is 19.7 Å². The molecule has 0 spiro atoms. The van der Waals surface area contributed by atoms with Crippen molar-refractivity contribution in [3.63, 3.8) is 0 Å². The highest BCUT2D eigenvalue weighted by Crippen LogP contribution is 2.13. The maximum Gasteiger partial charge on any atom is 0.343 e. The summed E-state index contributed by atoms with van der Waals surface area (Å²) >= 11 is 0. The number of anilines is 1. The number of ether oxygens (including phenoxy) is 1. The van der Waals surface area contributed by atoms with Gasteiger partial charge in [0.25, 0.3) is 5.56 Å². The maximum atomic E-state index is 11.8. The Bertz CT molecular complexity index is 713. The molecule has 112 valence electrons. The quantitative estimate of drug-likeness (QED) is 0.546. The molecule has 0 aromatic carbocycles. The van der Waals surface area contributed by atoms with E-state index in [1.807, 2.05) is 0 Å². The van der Waals surface area contributed by atoms with Gasteiger partial charge >= 0.3 is 5.97 Å². The standard InChI is InChI=1S/C13H15N3O5/c1-21-13(20)9-4-7-2-3-10(14-5-8(18)6-17)15-11(7)16-12(9)19/h2-4,8,17-18H,5-6H2,1H3,(H2,14,15,16,19). The van der Waals surface area contributed by atoms with Crippen LogP contribution in [0.1, 0.15) is 10.4 Å². The Morgan fingerprint density at radius 2 is 2.29 bits per heavy atom. The van der Waals surface area contributed by atoms with Gasteiger partial charge in [0.05, 0.1) is 19.8 Å². The number of fused-ring (bicyclic) bond motifs is 1. The first-order valence-corrected chi connectivity index (χ1v) is 6.20. The van der Waals surface area contributed by atoms with E-state index in [4.69, 9.17) is 5.11 Å². The normalized spacial score (nSPS) is 12.1. The lowest BCUT2D eigenvalue weighted by molar-refractivity contribution is 0.0599. The van der Waals surface area contributed by atoms with Crippen LogP contribution >= 0.6 is 0 Å². The number of H-pyrrole nitrogens is 1. The van der Waals surface area contributed by atoms with Crippen LogP contribution in [-0.4, -0.2) is 52.5 Å². The van der Waals surface area contributed by atoms with Crippen LogP contribution < -0.4 is 10.9 Å². The molecule has 1 unspecified atom stereocenters. The predicted octanol–water partition coefficient (Wildman–Crippen LogP) is -0.525. The van der Waals surface area contributed by atoms with E-state index in [-0.39, 0.29) is 18.7 Å². The van der Waals surface area contributed by atoms with Crippen LogP contribution in [0.4, 0.5) is 5.82 Å². The number of nitrogens with one attached hydrogen (secondary N) is 2. The van der Waals surface area contributed by atoms with E-state index in [1.54, 1.807) is 12.1 Å². The molecular formula is C13H15N3O5. The fourth-order valence-electron chi connectivity index (χ4n) is 1.73. The molecule has 0 aliphatic heterocycles. The number of aromatic amines is 1. The molecule has 1 atom stereocenters. The van der Waals surface area contributed by atoms with E-state index < -0.39 is 17.6 Å². The van der Waals surface area contributed by atoms with Gasteiger partial charge in [0.1, 0.15) is 17.0 Å². The molecule has 2 aromatic heterocycles. The molecule has 2 rings (SSSR count). The van der Waals surface area contributed by atoms with Gasteiger partial charge in [0, 0.05) is 11.9 Å². The molecule has 2 aromatic rings. The highest BCUT2D eigenvalue weighted by molar-refractivity contribution is 5.93. The third-order valence-corrected chi connectivity index (χ3v) is 2.84. The van der Waals surface area contributed by atoms with Gasteiger partial charge in [-0.15, -0.1) is 0 Å². The fourth-order valence-corrected chi connectivity index (χ4v) is 1.73. The summed E-state index contributed by atoms with van der Waals surface area (Å²) < 4.78 is 4.52. The van der Waals surface area contributed by atoms with Gasteiger partial charge in [-0.25, -0.2) is 9.78 Å². The summed E-state index contributed by atoms with van der Waals surface area (Å²) in [7, 11) is 1.20. The van der Waals surface area contributed by atoms with Crippen molar-refractivity contribution in [2.75, 3.05) is 25.6 Å². The number of hydrogen-bond acceptors (Lipinski definition) is 7. The SMILES string of the molecule is COC(=O)c1cc2ccc(NCC(O)CO)nc2[nH]c1=O. The molecule has 0 saturated carbocycles. The Balaban J connectivity index is 2.32. The topological polar surface area (TPSA) is 125 Å². The maximum absolute atomic E-state index is 11.8. The zero-order valence-electron chi connectivity index (χ0n) is 11.3. The molecule has 8 nitrogen and oxygen atoms in total. The van der Waals surface area contributed by atoms with Gasteiger partial charge in [-0.1, -0.05) is 0 Å². The summed E-state index contributed by atoms with van der Waals surface area (Å²) in [6.07, 6.45) is -0.900. The number of methoxy groups -OCH3 is 1. The highest BCUT2D eigenvalue weighted by atomic mass is 16.5. The third kappa shape index (κ3) is 3.36. The Labute approximate surface area is 119 Å². The molecule has 2 heterocycles. The minimum absolute atomic E-state index is 0.0942. The fraction of sp³-hybridized carbons (Fsp3) is 0.308.